The molecule has 1 unspecified atom stereocenters. The van der Waals surface area contributed by atoms with Crippen molar-refractivity contribution in [2.45, 2.75) is 47.1 Å². The molecule has 0 aromatic carbocycles. The van der Waals surface area contributed by atoms with E-state index in [0.29, 0.717) is 5.92 Å². The van der Waals surface area contributed by atoms with E-state index in [2.05, 4.69) is 39.9 Å². The molecule has 0 aliphatic carbocycles. The number of methoxy groups -OCH3 is 1. The molecule has 0 fully saturated rings. The number of carbonyl (C=O) groups excluding carboxylic acids is 1. The lowest BCUT2D eigenvalue weighted by Crippen LogP contribution is -2.42. The molecule has 0 saturated carbocycles. The van der Waals surface area contributed by atoms with Crippen molar-refractivity contribution in [1.82, 2.24) is 5.32 Å². The van der Waals surface area contributed by atoms with Gasteiger partial charge in [0.25, 0.3) is 0 Å². The molecule has 90 valence electrons. The predicted octanol–water partition coefficient (Wildman–Crippen LogP) is 2.21. The molecule has 1 atom stereocenters. The standard InChI is InChI=1S/C12H25NO2/c1-9(2)8-13-10(11(14)15-6)7-12(3,4)5/h9-10,13H,7-8H2,1-6H3. The number of hydrogen-bond acceptors (Lipinski definition) is 3. The maximum absolute atomic E-state index is 11.5. The average Bonchev–Trinajstić information content (AvgIpc) is 2.08. The highest BCUT2D eigenvalue weighted by atomic mass is 16.5. The van der Waals surface area contributed by atoms with E-state index >= 15 is 0 Å². The molecular formula is C12H25NO2. The van der Waals surface area contributed by atoms with E-state index in [4.69, 9.17) is 4.74 Å². The Hall–Kier alpha value is -0.570. The summed E-state index contributed by atoms with van der Waals surface area (Å²) in [5.74, 6) is 0.377. The molecule has 0 spiro atoms. The average molecular weight is 215 g/mol. The van der Waals surface area contributed by atoms with E-state index < -0.39 is 0 Å². The van der Waals surface area contributed by atoms with Gasteiger partial charge in [0.2, 0.25) is 0 Å². The molecule has 3 nitrogen and oxygen atoms in total. The topological polar surface area (TPSA) is 38.3 Å². The molecular weight excluding hydrogens is 190 g/mol. The van der Waals surface area contributed by atoms with Gasteiger partial charge in [0, 0.05) is 0 Å². The second-order valence-electron chi connectivity index (χ2n) is 5.64. The van der Waals surface area contributed by atoms with E-state index in [1.807, 2.05) is 0 Å². The number of hydrogen-bond donors (Lipinski definition) is 1. The first-order chi connectivity index (χ1) is 6.76. The van der Waals surface area contributed by atoms with Crippen molar-refractivity contribution >= 4 is 5.97 Å². The van der Waals surface area contributed by atoms with E-state index in [-0.39, 0.29) is 17.4 Å². The summed E-state index contributed by atoms with van der Waals surface area (Å²) < 4.78 is 4.79. The summed E-state index contributed by atoms with van der Waals surface area (Å²) in [6.45, 7) is 11.5. The fraction of sp³-hybridized carbons (Fsp3) is 0.917. The van der Waals surface area contributed by atoms with Crippen LogP contribution >= 0.6 is 0 Å². The Bertz CT molecular complexity index is 194. The Labute approximate surface area is 93.6 Å². The second-order valence-corrected chi connectivity index (χ2v) is 5.64. The van der Waals surface area contributed by atoms with Gasteiger partial charge in [-0.05, 0) is 24.3 Å². The van der Waals surface area contributed by atoms with E-state index in [0.717, 1.165) is 13.0 Å². The van der Waals surface area contributed by atoms with Gasteiger partial charge >= 0.3 is 5.97 Å². The monoisotopic (exact) mass is 215 g/mol. The highest BCUT2D eigenvalue weighted by molar-refractivity contribution is 5.75. The molecule has 0 rings (SSSR count). The van der Waals surface area contributed by atoms with Crippen LogP contribution in [0, 0.1) is 11.3 Å². The Morgan fingerprint density at radius 2 is 1.87 bits per heavy atom. The van der Waals surface area contributed by atoms with Crippen molar-refractivity contribution in [3.8, 4) is 0 Å². The van der Waals surface area contributed by atoms with Crippen LogP contribution in [0.15, 0.2) is 0 Å². The van der Waals surface area contributed by atoms with Crippen LogP contribution in [0.2, 0.25) is 0 Å². The molecule has 0 bridgehead atoms. The third kappa shape index (κ3) is 7.37. The molecule has 3 heteroatoms. The second kappa shape index (κ2) is 6.11. The predicted molar refractivity (Wildman–Crippen MR) is 62.7 cm³/mol. The number of esters is 1. The number of nitrogens with one attached hydrogen (secondary N) is 1. The first kappa shape index (κ1) is 14.4. The van der Waals surface area contributed by atoms with Gasteiger partial charge in [-0.2, -0.15) is 0 Å². The molecule has 1 N–H and O–H groups in total. The van der Waals surface area contributed by atoms with Crippen LogP contribution in [0.5, 0.6) is 0 Å². The minimum atomic E-state index is -0.183. The number of ether oxygens (including phenoxy) is 1. The molecule has 0 aliphatic heterocycles. The Morgan fingerprint density at radius 1 is 1.33 bits per heavy atom. The van der Waals surface area contributed by atoms with Crippen LogP contribution in [-0.2, 0) is 9.53 Å². The smallest absolute Gasteiger partial charge is 0.322 e. The van der Waals surface area contributed by atoms with Gasteiger partial charge in [-0.3, -0.25) is 4.79 Å². The summed E-state index contributed by atoms with van der Waals surface area (Å²) in [6.07, 6.45) is 0.798. The van der Waals surface area contributed by atoms with Gasteiger partial charge in [0.05, 0.1) is 7.11 Å². The van der Waals surface area contributed by atoms with Crippen molar-refractivity contribution in [2.24, 2.45) is 11.3 Å². The van der Waals surface area contributed by atoms with Crippen LogP contribution in [0.1, 0.15) is 41.0 Å². The molecule has 0 saturated heterocycles. The van der Waals surface area contributed by atoms with Gasteiger partial charge in [0.15, 0.2) is 0 Å². The molecule has 0 aliphatic rings. The highest BCUT2D eigenvalue weighted by Crippen LogP contribution is 2.21. The van der Waals surface area contributed by atoms with Crippen LogP contribution in [0.3, 0.4) is 0 Å². The third-order valence-corrected chi connectivity index (χ3v) is 2.07. The quantitative estimate of drug-likeness (QED) is 0.715. The molecule has 0 aromatic heterocycles. The van der Waals surface area contributed by atoms with Crippen LogP contribution in [0.4, 0.5) is 0 Å². The van der Waals surface area contributed by atoms with Gasteiger partial charge in [-0.25, -0.2) is 0 Å². The summed E-state index contributed by atoms with van der Waals surface area (Å²) in [7, 11) is 1.44. The van der Waals surface area contributed by atoms with Crippen molar-refractivity contribution in [3.63, 3.8) is 0 Å². The molecule has 15 heavy (non-hydrogen) atoms. The lowest BCUT2D eigenvalue weighted by Gasteiger charge is -2.25. The highest BCUT2D eigenvalue weighted by Gasteiger charge is 2.25. The van der Waals surface area contributed by atoms with Crippen LogP contribution in [0.25, 0.3) is 0 Å². The van der Waals surface area contributed by atoms with Crippen molar-refractivity contribution < 1.29 is 9.53 Å². The van der Waals surface area contributed by atoms with Crippen molar-refractivity contribution in [1.29, 1.82) is 0 Å². The lowest BCUT2D eigenvalue weighted by atomic mass is 9.88. The fourth-order valence-electron chi connectivity index (χ4n) is 1.37. The Morgan fingerprint density at radius 3 is 2.20 bits per heavy atom. The molecule has 0 amide bonds. The summed E-state index contributed by atoms with van der Waals surface area (Å²) in [5.41, 5.74) is 0.128. The molecule has 0 heterocycles. The van der Waals surface area contributed by atoms with E-state index in [1.54, 1.807) is 0 Å². The maximum Gasteiger partial charge on any atom is 0.322 e. The fourth-order valence-corrected chi connectivity index (χ4v) is 1.37. The summed E-state index contributed by atoms with van der Waals surface area (Å²) in [6, 6.07) is -0.183. The zero-order valence-electron chi connectivity index (χ0n) is 10.9. The van der Waals surface area contributed by atoms with E-state index in [9.17, 15) is 4.79 Å². The zero-order chi connectivity index (χ0) is 12.1. The van der Waals surface area contributed by atoms with Crippen LogP contribution in [-0.4, -0.2) is 25.7 Å². The number of rotatable bonds is 5. The third-order valence-electron chi connectivity index (χ3n) is 2.07. The Balaban J connectivity index is 4.26. The normalized spacial score (nSPS) is 14.1. The first-order valence-corrected chi connectivity index (χ1v) is 5.57. The van der Waals surface area contributed by atoms with Gasteiger partial charge in [0.1, 0.15) is 6.04 Å². The van der Waals surface area contributed by atoms with Crippen LogP contribution < -0.4 is 5.32 Å². The van der Waals surface area contributed by atoms with Crippen molar-refractivity contribution in [2.75, 3.05) is 13.7 Å². The first-order valence-electron chi connectivity index (χ1n) is 5.57. The summed E-state index contributed by atoms with van der Waals surface area (Å²) in [5, 5.41) is 3.25. The van der Waals surface area contributed by atoms with Gasteiger partial charge in [-0.1, -0.05) is 34.6 Å². The largest absolute Gasteiger partial charge is 0.468 e. The van der Waals surface area contributed by atoms with E-state index in [1.165, 1.54) is 7.11 Å². The zero-order valence-corrected chi connectivity index (χ0v) is 10.9. The maximum atomic E-state index is 11.5. The molecule has 0 radical (unpaired) electrons. The SMILES string of the molecule is COC(=O)C(CC(C)(C)C)NCC(C)C. The van der Waals surface area contributed by atoms with Crippen molar-refractivity contribution in [3.05, 3.63) is 0 Å². The summed E-state index contributed by atoms with van der Waals surface area (Å²) >= 11 is 0. The molecule has 0 aromatic rings. The van der Waals surface area contributed by atoms with Gasteiger partial charge < -0.3 is 10.1 Å². The lowest BCUT2D eigenvalue weighted by molar-refractivity contribution is -0.144. The Kier molecular flexibility index (Phi) is 5.88. The number of carbonyl (C=O) groups is 1. The summed E-state index contributed by atoms with van der Waals surface area (Å²) in [4.78, 5) is 11.5. The van der Waals surface area contributed by atoms with Gasteiger partial charge in [-0.15, -0.1) is 0 Å². The minimum absolute atomic E-state index is 0.128. The minimum Gasteiger partial charge on any atom is -0.468 e.